The topological polar surface area (TPSA) is 103 Å². The van der Waals surface area contributed by atoms with Crippen LogP contribution in [0.1, 0.15) is 18.2 Å². The molecule has 0 saturated heterocycles. The van der Waals surface area contributed by atoms with Gasteiger partial charge in [-0.25, -0.2) is 4.79 Å². The van der Waals surface area contributed by atoms with Crippen molar-refractivity contribution >= 4 is 29.5 Å². The number of carbonyl (C=O) groups excluding carboxylic acids is 2. The molecule has 0 bridgehead atoms. The highest BCUT2D eigenvalue weighted by molar-refractivity contribution is 5.98. The molecule has 0 N–H and O–H groups in total. The van der Waals surface area contributed by atoms with Crippen LogP contribution in [0.4, 0.5) is 11.6 Å². The van der Waals surface area contributed by atoms with Crippen molar-refractivity contribution in [1.29, 1.82) is 0 Å². The summed E-state index contributed by atoms with van der Waals surface area (Å²) in [5.41, 5.74) is 1.92. The van der Waals surface area contributed by atoms with Crippen LogP contribution in [0, 0.1) is 10.1 Å². The Bertz CT molecular complexity index is 885. The van der Waals surface area contributed by atoms with Gasteiger partial charge in [0.1, 0.15) is 10.7 Å². The zero-order chi connectivity index (χ0) is 18.7. The van der Waals surface area contributed by atoms with Crippen molar-refractivity contribution in [3.8, 4) is 0 Å². The first-order chi connectivity index (χ1) is 12.5. The fourth-order valence-electron chi connectivity index (χ4n) is 2.88. The number of benzene rings is 1. The summed E-state index contributed by atoms with van der Waals surface area (Å²) in [6, 6.07) is 10.1. The van der Waals surface area contributed by atoms with Crippen LogP contribution in [-0.4, -0.2) is 29.4 Å². The molecule has 0 radical (unpaired) electrons. The molecule has 0 aliphatic carbocycles. The number of anilines is 1. The Morgan fingerprint density at radius 3 is 2.85 bits per heavy atom. The van der Waals surface area contributed by atoms with E-state index in [4.69, 9.17) is 9.15 Å². The number of nitrogens with zero attached hydrogens (tertiary/aromatic N) is 2. The maximum Gasteiger partial charge on any atom is 0.433 e. The van der Waals surface area contributed by atoms with Gasteiger partial charge in [-0.3, -0.25) is 14.9 Å². The molecule has 26 heavy (non-hydrogen) atoms. The Kier molecular flexibility index (Phi) is 4.83. The Hall–Kier alpha value is -3.42. The SMILES string of the molecule is C[C@@H]1Cc2ccccc2N1C(=O)COC(=O)/C=C/c1ccc([N+](=O)[O-])o1. The lowest BCUT2D eigenvalue weighted by Crippen LogP contribution is -2.38. The average molecular weight is 356 g/mol. The molecule has 1 aliphatic rings. The van der Waals surface area contributed by atoms with Crippen molar-refractivity contribution in [3.63, 3.8) is 0 Å². The Balaban J connectivity index is 1.56. The molecule has 1 aromatic carbocycles. The third-order valence-electron chi connectivity index (χ3n) is 3.99. The molecule has 1 atom stereocenters. The number of nitro groups is 1. The maximum atomic E-state index is 12.4. The second-order valence-corrected chi connectivity index (χ2v) is 5.82. The summed E-state index contributed by atoms with van der Waals surface area (Å²) in [6.07, 6.45) is 3.05. The summed E-state index contributed by atoms with van der Waals surface area (Å²) in [4.78, 5) is 35.6. The van der Waals surface area contributed by atoms with Gasteiger partial charge in [0.05, 0.1) is 6.07 Å². The highest BCUT2D eigenvalue weighted by Crippen LogP contribution is 2.31. The molecular formula is C18H16N2O6. The number of hydrogen-bond donors (Lipinski definition) is 0. The van der Waals surface area contributed by atoms with Crippen molar-refractivity contribution in [2.75, 3.05) is 11.5 Å². The molecule has 1 amide bonds. The summed E-state index contributed by atoms with van der Waals surface area (Å²) in [5, 5.41) is 10.5. The lowest BCUT2D eigenvalue weighted by Gasteiger charge is -2.22. The highest BCUT2D eigenvalue weighted by Gasteiger charge is 2.30. The van der Waals surface area contributed by atoms with Crippen LogP contribution >= 0.6 is 0 Å². The van der Waals surface area contributed by atoms with E-state index in [0.717, 1.165) is 23.7 Å². The zero-order valence-electron chi connectivity index (χ0n) is 14.0. The van der Waals surface area contributed by atoms with Crippen LogP contribution < -0.4 is 4.90 Å². The van der Waals surface area contributed by atoms with Crippen molar-refractivity contribution in [1.82, 2.24) is 0 Å². The van der Waals surface area contributed by atoms with Crippen LogP contribution in [0.15, 0.2) is 46.9 Å². The number of fused-ring (bicyclic) bond motifs is 1. The Morgan fingerprint density at radius 2 is 2.12 bits per heavy atom. The average Bonchev–Trinajstić information content (AvgIpc) is 3.21. The van der Waals surface area contributed by atoms with E-state index in [1.807, 2.05) is 31.2 Å². The van der Waals surface area contributed by atoms with Gasteiger partial charge in [-0.1, -0.05) is 18.2 Å². The van der Waals surface area contributed by atoms with Gasteiger partial charge in [0.2, 0.25) is 0 Å². The number of furan rings is 1. The predicted molar refractivity (Wildman–Crippen MR) is 92.4 cm³/mol. The molecule has 0 unspecified atom stereocenters. The number of amides is 1. The van der Waals surface area contributed by atoms with Gasteiger partial charge in [0, 0.05) is 17.8 Å². The van der Waals surface area contributed by atoms with E-state index in [-0.39, 0.29) is 24.3 Å². The Labute approximate surface area is 148 Å². The van der Waals surface area contributed by atoms with Gasteiger partial charge < -0.3 is 14.1 Å². The highest BCUT2D eigenvalue weighted by atomic mass is 16.6. The number of ether oxygens (including phenoxy) is 1. The van der Waals surface area contributed by atoms with E-state index in [2.05, 4.69) is 0 Å². The van der Waals surface area contributed by atoms with Crippen molar-refractivity contribution < 1.29 is 23.7 Å². The predicted octanol–water partition coefficient (Wildman–Crippen LogP) is 2.72. The van der Waals surface area contributed by atoms with Gasteiger partial charge in [-0.15, -0.1) is 0 Å². The molecule has 2 heterocycles. The number of carbonyl (C=O) groups is 2. The molecule has 0 fully saturated rings. The fraction of sp³-hybridized carbons (Fsp3) is 0.222. The first-order valence-corrected chi connectivity index (χ1v) is 7.94. The molecule has 1 aromatic heterocycles. The van der Waals surface area contributed by atoms with E-state index in [1.54, 1.807) is 4.90 Å². The molecule has 3 rings (SSSR count). The standard InChI is InChI=1S/C18H16N2O6/c1-12-10-13-4-2-3-5-15(13)19(12)16(21)11-25-18(22)9-7-14-6-8-17(26-14)20(23)24/h2-9,12H,10-11H2,1H3/b9-7+/t12-/m1/s1. The second-order valence-electron chi connectivity index (χ2n) is 5.82. The molecular weight excluding hydrogens is 340 g/mol. The molecule has 8 nitrogen and oxygen atoms in total. The maximum absolute atomic E-state index is 12.4. The monoisotopic (exact) mass is 356 g/mol. The molecule has 0 spiro atoms. The van der Waals surface area contributed by atoms with Crippen LogP contribution in [0.2, 0.25) is 0 Å². The summed E-state index contributed by atoms with van der Waals surface area (Å²) in [6.45, 7) is 1.55. The molecule has 8 heteroatoms. The van der Waals surface area contributed by atoms with E-state index >= 15 is 0 Å². The molecule has 134 valence electrons. The van der Waals surface area contributed by atoms with Crippen LogP contribution in [-0.2, 0) is 20.7 Å². The number of hydrogen-bond acceptors (Lipinski definition) is 6. The van der Waals surface area contributed by atoms with Crippen molar-refractivity contribution in [2.45, 2.75) is 19.4 Å². The van der Waals surface area contributed by atoms with Gasteiger partial charge in [0.25, 0.3) is 5.91 Å². The van der Waals surface area contributed by atoms with Gasteiger partial charge in [0.15, 0.2) is 6.61 Å². The minimum absolute atomic E-state index is 0.00203. The third-order valence-corrected chi connectivity index (χ3v) is 3.99. The lowest BCUT2D eigenvalue weighted by atomic mass is 10.1. The van der Waals surface area contributed by atoms with Gasteiger partial charge >= 0.3 is 11.9 Å². The zero-order valence-corrected chi connectivity index (χ0v) is 14.0. The second kappa shape index (κ2) is 7.22. The molecule has 1 aliphatic heterocycles. The van der Waals surface area contributed by atoms with Crippen molar-refractivity contribution in [3.05, 3.63) is 63.9 Å². The van der Waals surface area contributed by atoms with Gasteiger partial charge in [-0.2, -0.15) is 0 Å². The van der Waals surface area contributed by atoms with E-state index < -0.39 is 16.8 Å². The summed E-state index contributed by atoms with van der Waals surface area (Å²) >= 11 is 0. The Morgan fingerprint density at radius 1 is 1.35 bits per heavy atom. The first-order valence-electron chi connectivity index (χ1n) is 7.94. The van der Waals surface area contributed by atoms with Crippen LogP contribution in [0.5, 0.6) is 0 Å². The van der Waals surface area contributed by atoms with Crippen LogP contribution in [0.3, 0.4) is 0 Å². The minimum Gasteiger partial charge on any atom is -0.452 e. The van der Waals surface area contributed by atoms with Gasteiger partial charge in [-0.05, 0) is 37.1 Å². The van der Waals surface area contributed by atoms with E-state index in [9.17, 15) is 19.7 Å². The first kappa shape index (κ1) is 17.4. The molecule has 2 aromatic rings. The van der Waals surface area contributed by atoms with E-state index in [1.165, 1.54) is 18.2 Å². The fourth-order valence-corrected chi connectivity index (χ4v) is 2.88. The normalized spacial score (nSPS) is 15.9. The smallest absolute Gasteiger partial charge is 0.433 e. The third kappa shape index (κ3) is 3.64. The number of rotatable bonds is 5. The van der Waals surface area contributed by atoms with Crippen LogP contribution in [0.25, 0.3) is 6.08 Å². The van der Waals surface area contributed by atoms with Crippen molar-refractivity contribution in [2.24, 2.45) is 0 Å². The summed E-state index contributed by atoms with van der Waals surface area (Å²) in [5.74, 6) is -1.33. The number of para-hydroxylation sites is 1. The number of esters is 1. The summed E-state index contributed by atoms with van der Waals surface area (Å²) in [7, 11) is 0. The largest absolute Gasteiger partial charge is 0.452 e. The lowest BCUT2D eigenvalue weighted by molar-refractivity contribution is -0.402. The van der Waals surface area contributed by atoms with E-state index in [0.29, 0.717) is 0 Å². The molecule has 0 saturated carbocycles. The summed E-state index contributed by atoms with van der Waals surface area (Å²) < 4.78 is 9.85. The quantitative estimate of drug-likeness (QED) is 0.353. The minimum atomic E-state index is -0.738.